The van der Waals surface area contributed by atoms with Crippen molar-refractivity contribution < 1.29 is 13.2 Å². The van der Waals surface area contributed by atoms with E-state index in [0.29, 0.717) is 18.7 Å². The van der Waals surface area contributed by atoms with E-state index in [0.717, 1.165) is 30.2 Å². The van der Waals surface area contributed by atoms with Crippen LogP contribution in [0.5, 0.6) is 0 Å². The molecule has 1 N–H and O–H groups in total. The van der Waals surface area contributed by atoms with Crippen LogP contribution in [0, 0.1) is 20.8 Å². The van der Waals surface area contributed by atoms with Crippen molar-refractivity contribution in [3.05, 3.63) is 64.7 Å². The smallest absolute Gasteiger partial charge is 0.243 e. The number of rotatable bonds is 9. The van der Waals surface area contributed by atoms with Crippen molar-refractivity contribution in [3.8, 4) is 0 Å². The molecule has 2 aromatic rings. The second-order valence-corrected chi connectivity index (χ2v) is 9.51. The summed E-state index contributed by atoms with van der Waals surface area (Å²) in [5.74, 6) is -0.261. The Hall–Kier alpha value is -2.34. The average Bonchev–Trinajstić information content (AvgIpc) is 2.65. The summed E-state index contributed by atoms with van der Waals surface area (Å²) in [6, 6.07) is 13.2. The zero-order chi connectivity index (χ0) is 21.6. The van der Waals surface area contributed by atoms with Gasteiger partial charge in [-0.2, -0.15) is 0 Å². The molecule has 6 heteroatoms. The normalized spacial score (nSPS) is 12.4. The molecular weight excluding hydrogens is 384 g/mol. The van der Waals surface area contributed by atoms with Gasteiger partial charge in [-0.3, -0.25) is 9.10 Å². The summed E-state index contributed by atoms with van der Waals surface area (Å²) in [6.45, 7) is 8.17. The third kappa shape index (κ3) is 6.32. The van der Waals surface area contributed by atoms with Crippen LogP contribution in [0.4, 0.5) is 5.69 Å². The molecule has 2 rings (SSSR count). The highest BCUT2D eigenvalue weighted by molar-refractivity contribution is 7.92. The Balaban J connectivity index is 2.10. The number of hydrogen-bond acceptors (Lipinski definition) is 3. The molecular formula is C23H32N2O3S. The van der Waals surface area contributed by atoms with Gasteiger partial charge < -0.3 is 5.32 Å². The summed E-state index contributed by atoms with van der Waals surface area (Å²) < 4.78 is 26.4. The van der Waals surface area contributed by atoms with Crippen LogP contribution in [0.3, 0.4) is 0 Å². The van der Waals surface area contributed by atoms with E-state index in [4.69, 9.17) is 0 Å². The molecule has 0 saturated carbocycles. The third-order valence-corrected chi connectivity index (χ3v) is 6.16. The highest BCUT2D eigenvalue weighted by Crippen LogP contribution is 2.27. The summed E-state index contributed by atoms with van der Waals surface area (Å²) >= 11 is 0. The van der Waals surface area contributed by atoms with Crippen molar-refractivity contribution in [2.75, 3.05) is 17.1 Å². The Bertz CT molecular complexity index is 937. The second-order valence-electron chi connectivity index (χ2n) is 7.65. The molecule has 1 atom stereocenters. The minimum Gasteiger partial charge on any atom is -0.354 e. The lowest BCUT2D eigenvalue weighted by Crippen LogP contribution is -2.49. The van der Waals surface area contributed by atoms with Gasteiger partial charge in [0, 0.05) is 6.54 Å². The molecule has 29 heavy (non-hydrogen) atoms. The highest BCUT2D eigenvalue weighted by Gasteiger charge is 2.32. The first kappa shape index (κ1) is 22.9. The summed E-state index contributed by atoms with van der Waals surface area (Å²) in [4.78, 5) is 12.9. The van der Waals surface area contributed by atoms with Crippen LogP contribution in [-0.2, 0) is 21.2 Å². The first-order valence-corrected chi connectivity index (χ1v) is 11.9. The minimum absolute atomic E-state index is 0.261. The van der Waals surface area contributed by atoms with Crippen LogP contribution >= 0.6 is 0 Å². The van der Waals surface area contributed by atoms with Crippen LogP contribution in [0.1, 0.15) is 42.0 Å². The molecule has 1 amide bonds. The Morgan fingerprint density at radius 1 is 1.03 bits per heavy atom. The van der Waals surface area contributed by atoms with Crippen molar-refractivity contribution in [3.63, 3.8) is 0 Å². The molecule has 0 saturated heterocycles. The summed E-state index contributed by atoms with van der Waals surface area (Å²) in [6.07, 6.45) is 3.21. The highest BCUT2D eigenvalue weighted by atomic mass is 32.2. The number of carbonyl (C=O) groups is 1. The van der Waals surface area contributed by atoms with Gasteiger partial charge in [0.15, 0.2) is 0 Å². The summed E-state index contributed by atoms with van der Waals surface area (Å²) in [5, 5.41) is 2.93. The van der Waals surface area contributed by atoms with Crippen molar-refractivity contribution in [1.82, 2.24) is 5.32 Å². The SMILES string of the molecule is CC[C@H](C(=O)NCCCc1ccc(C)cc1)N(c1cc(C)ccc1C)S(C)(=O)=O. The molecule has 0 aliphatic carbocycles. The van der Waals surface area contributed by atoms with Crippen LogP contribution < -0.4 is 9.62 Å². The summed E-state index contributed by atoms with van der Waals surface area (Å²) in [5.41, 5.74) is 4.79. The number of hydrogen-bond donors (Lipinski definition) is 1. The fraction of sp³-hybridized carbons (Fsp3) is 0.435. The van der Waals surface area contributed by atoms with Crippen LogP contribution in [-0.4, -0.2) is 33.2 Å². The Morgan fingerprint density at radius 3 is 2.24 bits per heavy atom. The van der Waals surface area contributed by atoms with Gasteiger partial charge in [0.2, 0.25) is 15.9 Å². The predicted octanol–water partition coefficient (Wildman–Crippen LogP) is 3.91. The number of benzene rings is 2. The van der Waals surface area contributed by atoms with Gasteiger partial charge >= 0.3 is 0 Å². The topological polar surface area (TPSA) is 66.5 Å². The quantitative estimate of drug-likeness (QED) is 0.631. The number of anilines is 1. The van der Waals surface area contributed by atoms with Gasteiger partial charge in [0.25, 0.3) is 0 Å². The Morgan fingerprint density at radius 2 is 1.66 bits per heavy atom. The fourth-order valence-electron chi connectivity index (χ4n) is 3.37. The molecule has 0 aliphatic heterocycles. The van der Waals surface area contributed by atoms with Gasteiger partial charge in [0.1, 0.15) is 6.04 Å². The largest absolute Gasteiger partial charge is 0.354 e. The molecule has 0 unspecified atom stereocenters. The number of amides is 1. The van der Waals surface area contributed by atoms with Gasteiger partial charge in [-0.05, 0) is 62.8 Å². The van der Waals surface area contributed by atoms with Crippen molar-refractivity contribution in [1.29, 1.82) is 0 Å². The molecule has 158 valence electrons. The Kier molecular flexibility index (Phi) is 7.85. The van der Waals surface area contributed by atoms with Crippen molar-refractivity contribution in [2.45, 2.75) is 53.0 Å². The van der Waals surface area contributed by atoms with E-state index in [2.05, 4.69) is 36.5 Å². The minimum atomic E-state index is -3.62. The van der Waals surface area contributed by atoms with E-state index in [1.165, 1.54) is 15.4 Å². The molecule has 2 aromatic carbocycles. The molecule has 0 aromatic heterocycles. The molecule has 0 heterocycles. The number of aryl methyl sites for hydroxylation is 4. The monoisotopic (exact) mass is 416 g/mol. The molecule has 5 nitrogen and oxygen atoms in total. The maximum absolute atomic E-state index is 12.9. The van der Waals surface area contributed by atoms with Gasteiger partial charge in [-0.15, -0.1) is 0 Å². The number of sulfonamides is 1. The summed E-state index contributed by atoms with van der Waals surface area (Å²) in [7, 11) is -3.62. The number of carbonyl (C=O) groups excluding carboxylic acids is 1. The van der Waals surface area contributed by atoms with E-state index in [1.807, 2.05) is 39.0 Å². The molecule has 0 radical (unpaired) electrons. The lowest BCUT2D eigenvalue weighted by atomic mass is 10.1. The molecule has 0 aliphatic rings. The van der Waals surface area contributed by atoms with E-state index < -0.39 is 16.1 Å². The first-order valence-electron chi connectivity index (χ1n) is 10.0. The first-order chi connectivity index (χ1) is 13.6. The molecule has 0 spiro atoms. The fourth-order valence-corrected chi connectivity index (χ4v) is 4.63. The van der Waals surface area contributed by atoms with Crippen molar-refractivity contribution in [2.24, 2.45) is 0 Å². The number of nitrogens with one attached hydrogen (secondary N) is 1. The van der Waals surface area contributed by atoms with Gasteiger partial charge in [0.05, 0.1) is 11.9 Å². The lowest BCUT2D eigenvalue weighted by molar-refractivity contribution is -0.122. The maximum atomic E-state index is 12.9. The van der Waals surface area contributed by atoms with Gasteiger partial charge in [-0.25, -0.2) is 8.42 Å². The van der Waals surface area contributed by atoms with E-state index >= 15 is 0 Å². The van der Waals surface area contributed by atoms with Crippen LogP contribution in [0.15, 0.2) is 42.5 Å². The zero-order valence-electron chi connectivity index (χ0n) is 18.0. The Labute approximate surface area is 175 Å². The van der Waals surface area contributed by atoms with Crippen molar-refractivity contribution >= 4 is 21.6 Å². The second kappa shape index (κ2) is 9.92. The van der Waals surface area contributed by atoms with Crippen LogP contribution in [0.25, 0.3) is 0 Å². The zero-order valence-corrected chi connectivity index (χ0v) is 18.8. The van der Waals surface area contributed by atoms with Gasteiger partial charge in [-0.1, -0.05) is 48.9 Å². The molecule has 0 fully saturated rings. The van der Waals surface area contributed by atoms with E-state index in [9.17, 15) is 13.2 Å². The van der Waals surface area contributed by atoms with Crippen LogP contribution in [0.2, 0.25) is 0 Å². The standard InChI is InChI=1S/C23H32N2O3S/c1-6-21(23(26)24-15-7-8-20-13-10-17(2)11-14-20)25(29(5,27)28)22-16-18(3)9-12-19(22)4/h9-14,16,21H,6-8,15H2,1-5H3,(H,24,26)/t21-/m1/s1. The third-order valence-electron chi connectivity index (χ3n) is 4.99. The number of nitrogens with zero attached hydrogens (tertiary/aromatic N) is 1. The predicted molar refractivity (Wildman–Crippen MR) is 120 cm³/mol. The van der Waals surface area contributed by atoms with E-state index in [1.54, 1.807) is 0 Å². The maximum Gasteiger partial charge on any atom is 0.243 e. The van der Waals surface area contributed by atoms with E-state index in [-0.39, 0.29) is 5.91 Å². The average molecular weight is 417 g/mol. The lowest BCUT2D eigenvalue weighted by Gasteiger charge is -2.31. The molecule has 0 bridgehead atoms.